The Morgan fingerprint density at radius 1 is 0.415 bits per heavy atom. The lowest BCUT2D eigenvalue weighted by Gasteiger charge is -2.51. The predicted octanol–water partition coefficient (Wildman–Crippen LogP) is 0.410. The number of hydrogen-bond acceptors (Lipinski definition) is 34. The number of carboxylic acid groups (broad SMARTS) is 3. The summed E-state index contributed by atoms with van der Waals surface area (Å²) in [4.78, 5) is 92.3. The second-order valence-corrected chi connectivity index (χ2v) is 35.3. The van der Waals surface area contributed by atoms with Crippen LogP contribution in [0.15, 0.2) is 24.3 Å². The van der Waals surface area contributed by atoms with Crippen LogP contribution in [0.5, 0.6) is 0 Å². The van der Waals surface area contributed by atoms with E-state index in [4.69, 9.17) is 47.4 Å². The highest BCUT2D eigenvalue weighted by Crippen LogP contribution is 2.43. The summed E-state index contributed by atoms with van der Waals surface area (Å²) < 4.78 is 58.3. The van der Waals surface area contributed by atoms with Gasteiger partial charge in [-0.25, -0.2) is 14.4 Å². The van der Waals surface area contributed by atoms with Crippen molar-refractivity contribution in [1.82, 2.24) is 21.3 Å². The van der Waals surface area contributed by atoms with E-state index in [9.17, 15) is 136 Å². The highest BCUT2D eigenvalue weighted by atomic mass is 16.8. The van der Waals surface area contributed by atoms with Gasteiger partial charge in [-0.1, -0.05) is 205 Å². The van der Waals surface area contributed by atoms with Crippen molar-refractivity contribution in [2.45, 2.75) is 454 Å². The van der Waals surface area contributed by atoms with Crippen LogP contribution in [-0.4, -0.2) is 366 Å². The zero-order chi connectivity index (χ0) is 96.3. The SMILES string of the molecule is CCCCCCCCC=CCCCCCCCCCCCCCCCC(=O)N[C@@H](CO[C@@H]1O[C@H](CO)[C@@H](O[C@@H]2O[C@H](CO)[C@H](O)[C@H](O[C@]3(C(=O)O)C[C@H](O)[C@@H](NC(C)=O)C([C@H](O)[C@@H](CO)O[C@]4(C(=O)O)C[C@H](O)[C@@H](NC(C)=O)C([C@H](O)[C@@H](CO)O[C@]5(C(=O)O)C[C@H](O)[C@@H](NC(C)=O)C([C@H](O)[C@H](O)CO)O5)O4)O3)[C@H]2O)[C@H](O)[C@H]1O)[C@H](O)C=CCCCCCCCCCCCCC. The molecule has 0 spiro atoms. The maximum absolute atomic E-state index is 13.9. The maximum atomic E-state index is 13.9. The molecular weight excluding hydrogens is 1720 g/mol. The van der Waals surface area contributed by atoms with Gasteiger partial charge in [0.1, 0.15) is 104 Å². The maximum Gasteiger partial charge on any atom is 0.364 e. The smallest absolute Gasteiger partial charge is 0.364 e. The summed E-state index contributed by atoms with van der Waals surface area (Å²) in [5, 5.41) is 235. The molecule has 5 fully saturated rings. The first-order valence-corrected chi connectivity index (χ1v) is 47.0. The van der Waals surface area contributed by atoms with Gasteiger partial charge in [-0.2, -0.15) is 0 Å². The van der Waals surface area contributed by atoms with Crippen molar-refractivity contribution in [1.29, 1.82) is 0 Å². The molecule has 4 amide bonds. The number of aliphatic hydroxyl groups excluding tert-OH is 17. The summed E-state index contributed by atoms with van der Waals surface area (Å²) in [7, 11) is 0. The molecule has 0 aromatic rings. The topological polar surface area (TPSA) is 665 Å². The molecule has 5 aliphatic rings. The van der Waals surface area contributed by atoms with Gasteiger partial charge >= 0.3 is 17.9 Å². The van der Waals surface area contributed by atoms with E-state index in [2.05, 4.69) is 47.3 Å². The highest BCUT2D eigenvalue weighted by Gasteiger charge is 2.64. The van der Waals surface area contributed by atoms with Crippen molar-refractivity contribution in [2.75, 3.05) is 39.6 Å². The van der Waals surface area contributed by atoms with Gasteiger partial charge in [0.2, 0.25) is 23.6 Å². The van der Waals surface area contributed by atoms with Crippen LogP contribution in [0.25, 0.3) is 0 Å². The molecule has 41 nitrogen and oxygen atoms in total. The minimum Gasteiger partial charge on any atom is -0.477 e. The van der Waals surface area contributed by atoms with E-state index in [1.807, 2.05) is 0 Å². The molecule has 3 unspecified atom stereocenters. The molecule has 5 saturated heterocycles. The largest absolute Gasteiger partial charge is 0.477 e. The summed E-state index contributed by atoms with van der Waals surface area (Å²) in [6, 6.07) is -7.03. The molecule has 130 heavy (non-hydrogen) atoms. The monoisotopic (exact) mass is 1870 g/mol. The molecule has 5 rings (SSSR count). The molecule has 41 heteroatoms. The molecule has 0 saturated carbocycles. The standard InChI is InChI=1S/C89H156N4O37/c1-6-8-10-12-14-16-18-20-21-22-23-24-25-26-27-28-29-31-33-35-37-39-41-43-66(107)93-56(57(102)42-40-38-36-34-32-30-19-17-15-13-11-9-7-2)52-121-82-75(113)74(112)77(65(51-98)123-82)124-83-76(114)81(71(109)62(48-95)122-83)130-89(86(119)120)46-60(105)69(92-55(5)101)80(129-89)73(111)64(50-97)126-88(85(117)118)45-59(104)68(91-54(4)100)79(128-88)72(110)63(49-96)125-87(84(115)116)44-58(103)67(90-53(3)99)78(127-87)70(108)61(106)47-94/h20-21,40,42,56-65,67-83,94-98,102-106,108-114H,6-19,22-39,41,43-52H2,1-5H3,(H,90,99)(H,91,100)(H,92,101)(H,93,107)(H,115,116)(H,117,118)(H,119,120)/t56-,57+,58-,59-,60-,61+,62+,63+,64+,65+,67+,68+,69+,70+,71-,72+,73+,74+,75+,76+,77+,78?,79?,80?,81-,82+,83-,87+,88+,89-/m0/s1. The fourth-order valence-corrected chi connectivity index (χ4v) is 17.2. The number of hydrogen-bond donors (Lipinski definition) is 24. The third-order valence-corrected chi connectivity index (χ3v) is 24.6. The highest BCUT2D eigenvalue weighted by molar-refractivity contribution is 5.79. The van der Waals surface area contributed by atoms with Gasteiger partial charge in [0.15, 0.2) is 12.6 Å². The van der Waals surface area contributed by atoms with Crippen LogP contribution >= 0.6 is 0 Å². The van der Waals surface area contributed by atoms with Gasteiger partial charge in [-0.05, 0) is 44.9 Å². The zero-order valence-corrected chi connectivity index (χ0v) is 76.2. The number of allylic oxidation sites excluding steroid dienone is 3. The lowest BCUT2D eigenvalue weighted by molar-refractivity contribution is -0.388. The van der Waals surface area contributed by atoms with Gasteiger partial charge < -0.3 is 171 Å². The molecule has 0 bridgehead atoms. The summed E-state index contributed by atoms with van der Waals surface area (Å²) in [6.07, 6.45) is -10.3. The second-order valence-electron chi connectivity index (χ2n) is 35.3. The van der Waals surface area contributed by atoms with Gasteiger partial charge in [-0.15, -0.1) is 0 Å². The van der Waals surface area contributed by atoms with Crippen LogP contribution in [0.4, 0.5) is 0 Å². The lowest BCUT2D eigenvalue weighted by atomic mass is 9.86. The van der Waals surface area contributed by atoms with Crippen LogP contribution in [0.3, 0.4) is 0 Å². The van der Waals surface area contributed by atoms with Crippen LogP contribution in [-0.2, 0) is 80.9 Å². The van der Waals surface area contributed by atoms with Gasteiger partial charge in [0.05, 0.1) is 88.2 Å². The third kappa shape index (κ3) is 36.0. The number of aliphatic carboxylic acids is 3. The van der Waals surface area contributed by atoms with Crippen LogP contribution < -0.4 is 21.3 Å². The number of nitrogens with one attached hydrogen (secondary N) is 4. The molecule has 5 aliphatic heterocycles. The first-order valence-electron chi connectivity index (χ1n) is 47.0. The number of unbranched alkanes of at least 4 members (excludes halogenated alkanes) is 30. The lowest BCUT2D eigenvalue weighted by Crippen LogP contribution is -2.72. The van der Waals surface area contributed by atoms with Crippen LogP contribution in [0.1, 0.15) is 272 Å². The summed E-state index contributed by atoms with van der Waals surface area (Å²) in [5.74, 6) is -20.6. The fraction of sp³-hybridized carbons (Fsp3) is 0.876. The molecule has 0 radical (unpaired) electrons. The molecular formula is C89H156N4O37. The number of aliphatic hydroxyl groups is 17. The van der Waals surface area contributed by atoms with Crippen LogP contribution in [0, 0.1) is 0 Å². The first-order chi connectivity index (χ1) is 62.0. The Morgan fingerprint density at radius 3 is 1.15 bits per heavy atom. The summed E-state index contributed by atoms with van der Waals surface area (Å²) in [5.41, 5.74) is 0. The number of carboxylic acids is 3. The van der Waals surface area contributed by atoms with E-state index in [0.29, 0.717) is 12.8 Å². The summed E-state index contributed by atoms with van der Waals surface area (Å²) in [6.45, 7) is -0.0552. The number of carbonyl (C=O) groups is 7. The number of amides is 4. The number of carbonyl (C=O) groups excluding carboxylic acids is 4. The first kappa shape index (κ1) is 115. The third-order valence-electron chi connectivity index (χ3n) is 24.6. The minimum atomic E-state index is -3.58. The van der Waals surface area contributed by atoms with E-state index >= 15 is 0 Å². The van der Waals surface area contributed by atoms with Crippen molar-refractivity contribution >= 4 is 41.5 Å². The molecule has 5 heterocycles. The van der Waals surface area contributed by atoms with Crippen LogP contribution in [0.2, 0.25) is 0 Å². The quantitative estimate of drug-likeness (QED) is 0.0290. The molecule has 30 atom stereocenters. The Kier molecular flexibility index (Phi) is 53.4. The predicted molar refractivity (Wildman–Crippen MR) is 461 cm³/mol. The normalized spacial score (nSPS) is 31.5. The average molecular weight is 1870 g/mol. The molecule has 0 aromatic heterocycles. The van der Waals surface area contributed by atoms with E-state index in [-0.39, 0.29) is 6.42 Å². The molecule has 754 valence electrons. The Morgan fingerprint density at radius 2 is 0.777 bits per heavy atom. The second kappa shape index (κ2) is 60.3. The van der Waals surface area contributed by atoms with Gasteiger partial charge in [-0.3, -0.25) is 19.2 Å². The average Bonchev–Trinajstić information content (AvgIpc) is 0.748. The van der Waals surface area contributed by atoms with E-state index in [0.717, 1.165) is 91.4 Å². The van der Waals surface area contributed by atoms with Gasteiger partial charge in [0.25, 0.3) is 17.4 Å². The fourth-order valence-electron chi connectivity index (χ4n) is 17.2. The Bertz CT molecular complexity index is 3300. The minimum absolute atomic E-state index is 0.120. The Hall–Kier alpha value is -5.31. The van der Waals surface area contributed by atoms with E-state index < -0.39 is 283 Å². The zero-order valence-electron chi connectivity index (χ0n) is 76.2. The Labute approximate surface area is 761 Å². The van der Waals surface area contributed by atoms with Crippen molar-refractivity contribution in [2.24, 2.45) is 0 Å². The van der Waals surface area contributed by atoms with E-state index in [1.165, 1.54) is 134 Å². The molecule has 24 N–H and O–H groups in total. The summed E-state index contributed by atoms with van der Waals surface area (Å²) >= 11 is 0. The van der Waals surface area contributed by atoms with E-state index in [1.54, 1.807) is 6.08 Å². The number of ether oxygens (including phenoxy) is 10. The Balaban J connectivity index is 1.30. The van der Waals surface area contributed by atoms with Crippen molar-refractivity contribution < 1.29 is 183 Å². The molecule has 0 aromatic carbocycles. The van der Waals surface area contributed by atoms with Gasteiger partial charge in [0, 0.05) is 46.5 Å². The number of rotatable bonds is 66. The van der Waals surface area contributed by atoms with Crippen molar-refractivity contribution in [3.05, 3.63) is 24.3 Å². The van der Waals surface area contributed by atoms with Crippen molar-refractivity contribution in [3.63, 3.8) is 0 Å². The van der Waals surface area contributed by atoms with Crippen molar-refractivity contribution in [3.8, 4) is 0 Å². The molecule has 0 aliphatic carbocycles.